The quantitative estimate of drug-likeness (QED) is 0.826. The number of nitrogens with zero attached hydrogens (tertiary/aromatic N) is 3. The summed E-state index contributed by atoms with van der Waals surface area (Å²) in [6.07, 6.45) is 4.28. The molecule has 0 aliphatic heterocycles. The lowest BCUT2D eigenvalue weighted by Gasteiger charge is -2.14. The van der Waals surface area contributed by atoms with E-state index in [0.29, 0.717) is 13.0 Å². The molecule has 0 aliphatic carbocycles. The first-order chi connectivity index (χ1) is 8.70. The van der Waals surface area contributed by atoms with Gasteiger partial charge >= 0.3 is 0 Å². The van der Waals surface area contributed by atoms with E-state index in [1.54, 1.807) is 11.1 Å². The molecule has 1 aromatic carbocycles. The summed E-state index contributed by atoms with van der Waals surface area (Å²) < 4.78 is 1.82. The van der Waals surface area contributed by atoms with Crippen LogP contribution in [0.1, 0.15) is 18.9 Å². The molecule has 0 radical (unpaired) electrons. The van der Waals surface area contributed by atoms with Gasteiger partial charge in [0.2, 0.25) is 5.91 Å². The van der Waals surface area contributed by atoms with E-state index in [0.717, 1.165) is 11.3 Å². The number of hydrogen-bond acceptors (Lipinski definition) is 2. The van der Waals surface area contributed by atoms with Gasteiger partial charge in [-0.05, 0) is 12.1 Å². The lowest BCUT2D eigenvalue weighted by molar-refractivity contribution is -0.130. The normalized spacial score (nSPS) is 10.3. The molecule has 0 atom stereocenters. The summed E-state index contributed by atoms with van der Waals surface area (Å²) in [5, 5.41) is 4.30. The maximum atomic E-state index is 11.5. The molecule has 1 heterocycles. The van der Waals surface area contributed by atoms with E-state index in [2.05, 4.69) is 5.10 Å². The minimum Gasteiger partial charge on any atom is -0.341 e. The van der Waals surface area contributed by atoms with Gasteiger partial charge in [0, 0.05) is 31.8 Å². The maximum absolute atomic E-state index is 11.5. The summed E-state index contributed by atoms with van der Waals surface area (Å²) in [5.74, 6) is 0.141. The molecule has 94 valence electrons. The smallest absolute Gasteiger partial charge is 0.222 e. The van der Waals surface area contributed by atoms with E-state index < -0.39 is 0 Å². The number of para-hydroxylation sites is 1. The van der Waals surface area contributed by atoms with Crippen LogP contribution < -0.4 is 0 Å². The standard InChI is InChI=1S/C14H17N3O/c1-3-14(18)16(2)10-12-9-15-17(11-12)13-7-5-4-6-8-13/h4-9,11H,3,10H2,1-2H3. The molecule has 18 heavy (non-hydrogen) atoms. The molecule has 0 saturated carbocycles. The van der Waals surface area contributed by atoms with Gasteiger partial charge in [0.05, 0.1) is 11.9 Å². The summed E-state index contributed by atoms with van der Waals surface area (Å²) in [6.45, 7) is 2.46. The van der Waals surface area contributed by atoms with Crippen LogP contribution in [0.15, 0.2) is 42.7 Å². The average Bonchev–Trinajstić information content (AvgIpc) is 2.87. The van der Waals surface area contributed by atoms with Crippen molar-refractivity contribution in [3.05, 3.63) is 48.3 Å². The Morgan fingerprint density at radius 1 is 1.33 bits per heavy atom. The van der Waals surface area contributed by atoms with Crippen molar-refractivity contribution in [1.29, 1.82) is 0 Å². The second kappa shape index (κ2) is 5.49. The highest BCUT2D eigenvalue weighted by atomic mass is 16.2. The number of aromatic nitrogens is 2. The van der Waals surface area contributed by atoms with Crippen LogP contribution in [0.3, 0.4) is 0 Å². The number of carbonyl (C=O) groups excluding carboxylic acids is 1. The topological polar surface area (TPSA) is 38.1 Å². The first-order valence-electron chi connectivity index (χ1n) is 6.03. The highest BCUT2D eigenvalue weighted by Gasteiger charge is 2.08. The van der Waals surface area contributed by atoms with Gasteiger partial charge in [-0.3, -0.25) is 4.79 Å². The van der Waals surface area contributed by atoms with Crippen LogP contribution >= 0.6 is 0 Å². The number of amides is 1. The van der Waals surface area contributed by atoms with E-state index in [1.165, 1.54) is 0 Å². The SMILES string of the molecule is CCC(=O)N(C)Cc1cnn(-c2ccccc2)c1. The van der Waals surface area contributed by atoms with Crippen molar-refractivity contribution >= 4 is 5.91 Å². The summed E-state index contributed by atoms with van der Waals surface area (Å²) in [6, 6.07) is 9.92. The molecule has 0 bridgehead atoms. The maximum Gasteiger partial charge on any atom is 0.222 e. The molecule has 4 nitrogen and oxygen atoms in total. The van der Waals surface area contributed by atoms with Gasteiger partial charge in [-0.15, -0.1) is 0 Å². The van der Waals surface area contributed by atoms with Gasteiger partial charge in [0.1, 0.15) is 0 Å². The Hall–Kier alpha value is -2.10. The van der Waals surface area contributed by atoms with Crippen molar-refractivity contribution in [2.24, 2.45) is 0 Å². The van der Waals surface area contributed by atoms with Crippen molar-refractivity contribution < 1.29 is 4.79 Å². The largest absolute Gasteiger partial charge is 0.341 e. The number of hydrogen-bond donors (Lipinski definition) is 0. The third-order valence-electron chi connectivity index (χ3n) is 2.80. The van der Waals surface area contributed by atoms with Gasteiger partial charge in [0.25, 0.3) is 0 Å². The molecule has 4 heteroatoms. The Morgan fingerprint density at radius 3 is 2.72 bits per heavy atom. The Morgan fingerprint density at radius 2 is 2.06 bits per heavy atom. The minimum atomic E-state index is 0.141. The minimum absolute atomic E-state index is 0.141. The summed E-state index contributed by atoms with van der Waals surface area (Å²) in [5.41, 5.74) is 2.05. The van der Waals surface area contributed by atoms with Crippen molar-refractivity contribution in [3.8, 4) is 5.69 Å². The van der Waals surface area contributed by atoms with Crippen molar-refractivity contribution in [3.63, 3.8) is 0 Å². The second-order valence-electron chi connectivity index (χ2n) is 4.23. The zero-order valence-corrected chi connectivity index (χ0v) is 10.7. The summed E-state index contributed by atoms with van der Waals surface area (Å²) in [4.78, 5) is 13.2. The van der Waals surface area contributed by atoms with Gasteiger partial charge in [-0.25, -0.2) is 4.68 Å². The van der Waals surface area contributed by atoms with Crippen LogP contribution in [0.25, 0.3) is 5.69 Å². The van der Waals surface area contributed by atoms with Gasteiger partial charge in [-0.1, -0.05) is 25.1 Å². The average molecular weight is 243 g/mol. The fraction of sp³-hybridized carbons (Fsp3) is 0.286. The Kier molecular flexibility index (Phi) is 3.77. The summed E-state index contributed by atoms with van der Waals surface area (Å²) in [7, 11) is 1.81. The van der Waals surface area contributed by atoms with Gasteiger partial charge in [0.15, 0.2) is 0 Å². The number of benzene rings is 1. The fourth-order valence-electron chi connectivity index (χ4n) is 1.80. The van der Waals surface area contributed by atoms with Crippen LogP contribution in [-0.2, 0) is 11.3 Å². The van der Waals surface area contributed by atoms with Crippen molar-refractivity contribution in [1.82, 2.24) is 14.7 Å². The molecule has 2 rings (SSSR count). The lowest BCUT2D eigenvalue weighted by atomic mass is 10.3. The zero-order valence-electron chi connectivity index (χ0n) is 10.7. The van der Waals surface area contributed by atoms with Crippen LogP contribution in [0.5, 0.6) is 0 Å². The molecule has 0 fully saturated rings. The Bertz CT molecular complexity index is 519. The molecular weight excluding hydrogens is 226 g/mol. The summed E-state index contributed by atoms with van der Waals surface area (Å²) >= 11 is 0. The number of rotatable bonds is 4. The van der Waals surface area contributed by atoms with Crippen LogP contribution in [0.4, 0.5) is 0 Å². The van der Waals surface area contributed by atoms with E-state index in [-0.39, 0.29) is 5.91 Å². The predicted molar refractivity (Wildman–Crippen MR) is 70.3 cm³/mol. The molecule has 1 amide bonds. The molecule has 0 saturated heterocycles. The van der Waals surface area contributed by atoms with Gasteiger partial charge in [-0.2, -0.15) is 5.10 Å². The van der Waals surface area contributed by atoms with E-state index in [4.69, 9.17) is 0 Å². The lowest BCUT2D eigenvalue weighted by Crippen LogP contribution is -2.24. The van der Waals surface area contributed by atoms with E-state index in [9.17, 15) is 4.79 Å². The second-order valence-corrected chi connectivity index (χ2v) is 4.23. The fourth-order valence-corrected chi connectivity index (χ4v) is 1.80. The first kappa shape index (κ1) is 12.4. The van der Waals surface area contributed by atoms with Crippen LogP contribution in [-0.4, -0.2) is 27.6 Å². The van der Waals surface area contributed by atoms with Crippen LogP contribution in [0, 0.1) is 0 Å². The third kappa shape index (κ3) is 2.77. The molecule has 0 unspecified atom stereocenters. The molecule has 1 aromatic heterocycles. The van der Waals surface area contributed by atoms with Crippen molar-refractivity contribution in [2.75, 3.05) is 7.05 Å². The van der Waals surface area contributed by atoms with Crippen molar-refractivity contribution in [2.45, 2.75) is 19.9 Å². The third-order valence-corrected chi connectivity index (χ3v) is 2.80. The van der Waals surface area contributed by atoms with Gasteiger partial charge < -0.3 is 4.90 Å². The molecule has 0 N–H and O–H groups in total. The highest BCUT2D eigenvalue weighted by molar-refractivity contribution is 5.75. The highest BCUT2D eigenvalue weighted by Crippen LogP contribution is 2.09. The molecule has 2 aromatic rings. The molecule has 0 spiro atoms. The zero-order chi connectivity index (χ0) is 13.0. The molecule has 0 aliphatic rings. The monoisotopic (exact) mass is 243 g/mol. The number of carbonyl (C=O) groups is 1. The first-order valence-corrected chi connectivity index (χ1v) is 6.03. The van der Waals surface area contributed by atoms with E-state index >= 15 is 0 Å². The van der Waals surface area contributed by atoms with Crippen LogP contribution in [0.2, 0.25) is 0 Å². The van der Waals surface area contributed by atoms with E-state index in [1.807, 2.05) is 55.2 Å². The molecular formula is C14H17N3O. The Balaban J connectivity index is 2.09. The Labute approximate surface area is 107 Å². The predicted octanol–water partition coefficient (Wildman–Crippen LogP) is 2.24.